The van der Waals surface area contributed by atoms with Crippen molar-refractivity contribution >= 4 is 26.7 Å². The lowest BCUT2D eigenvalue weighted by atomic mass is 9.87. The zero-order valence-corrected chi connectivity index (χ0v) is 15.9. The van der Waals surface area contributed by atoms with Crippen molar-refractivity contribution < 1.29 is 8.42 Å². The van der Waals surface area contributed by atoms with E-state index in [4.69, 9.17) is 0 Å². The predicted molar refractivity (Wildman–Crippen MR) is 101 cm³/mol. The van der Waals surface area contributed by atoms with E-state index in [0.29, 0.717) is 5.82 Å². The molecule has 0 aliphatic heterocycles. The molecule has 3 rings (SSSR count). The number of benzene rings is 2. The molecule has 5 nitrogen and oxygen atoms in total. The Hall–Kier alpha value is -2.25. The van der Waals surface area contributed by atoms with Crippen LogP contribution in [0.25, 0.3) is 11.4 Å². The first-order valence-electron chi connectivity index (χ1n) is 7.78. The highest BCUT2D eigenvalue weighted by atomic mass is 32.2. The van der Waals surface area contributed by atoms with Crippen LogP contribution in [0.5, 0.6) is 0 Å². The average Bonchev–Trinajstić information content (AvgIpc) is 3.03. The maximum atomic E-state index is 12.5. The van der Waals surface area contributed by atoms with Crippen molar-refractivity contribution in [2.75, 3.05) is 4.72 Å². The minimum Gasteiger partial charge on any atom is -0.253 e. The fourth-order valence-corrected chi connectivity index (χ4v) is 4.09. The fraction of sp³-hybridized carbons (Fsp3) is 0.222. The van der Waals surface area contributed by atoms with Crippen molar-refractivity contribution in [1.29, 1.82) is 0 Å². The molecule has 0 fully saturated rings. The zero-order chi connectivity index (χ0) is 18.1. The van der Waals surface area contributed by atoms with E-state index in [9.17, 15) is 8.42 Å². The third kappa shape index (κ3) is 4.05. The number of anilines is 1. The quantitative estimate of drug-likeness (QED) is 0.740. The molecule has 0 aliphatic rings. The smallest absolute Gasteiger partial charge is 0.253 e. The summed E-state index contributed by atoms with van der Waals surface area (Å²) in [6.45, 7) is 6.25. The van der Waals surface area contributed by atoms with Crippen molar-refractivity contribution in [2.45, 2.75) is 31.1 Å². The summed E-state index contributed by atoms with van der Waals surface area (Å²) in [6, 6.07) is 16.3. The molecule has 0 atom stereocenters. The van der Waals surface area contributed by atoms with Gasteiger partial charge in [-0.25, -0.2) is 8.42 Å². The van der Waals surface area contributed by atoms with E-state index in [-0.39, 0.29) is 15.4 Å². The highest BCUT2D eigenvalue weighted by Crippen LogP contribution is 2.26. The summed E-state index contributed by atoms with van der Waals surface area (Å²) in [5.41, 5.74) is 1.90. The van der Waals surface area contributed by atoms with Crippen LogP contribution in [0.15, 0.2) is 59.5 Å². The van der Waals surface area contributed by atoms with Crippen molar-refractivity contribution in [1.82, 2.24) is 9.36 Å². The highest BCUT2D eigenvalue weighted by Gasteiger charge is 2.19. The van der Waals surface area contributed by atoms with Gasteiger partial charge in [-0.3, -0.25) is 4.72 Å². The number of hydrogen-bond acceptors (Lipinski definition) is 5. The van der Waals surface area contributed by atoms with E-state index < -0.39 is 10.0 Å². The molecule has 0 spiro atoms. The van der Waals surface area contributed by atoms with E-state index in [0.717, 1.165) is 22.7 Å². The van der Waals surface area contributed by atoms with Crippen LogP contribution in [0.3, 0.4) is 0 Å². The molecule has 1 aromatic heterocycles. The first-order valence-corrected chi connectivity index (χ1v) is 10.0. The molecule has 2 aromatic carbocycles. The third-order valence-corrected chi connectivity index (χ3v) is 5.82. The molecule has 130 valence electrons. The van der Waals surface area contributed by atoms with Gasteiger partial charge in [-0.15, -0.1) is 0 Å². The van der Waals surface area contributed by atoms with Crippen molar-refractivity contribution in [2.24, 2.45) is 0 Å². The molecule has 0 saturated heterocycles. The SMILES string of the molecule is CC(C)(C)c1ccc(S(=O)(=O)Nc2nc(-c3ccccc3)ns2)cc1. The van der Waals surface area contributed by atoms with Gasteiger partial charge in [-0.2, -0.15) is 9.36 Å². The van der Waals surface area contributed by atoms with E-state index in [1.165, 1.54) is 0 Å². The molecule has 1 heterocycles. The van der Waals surface area contributed by atoms with Crippen LogP contribution in [-0.2, 0) is 15.4 Å². The molecule has 0 radical (unpaired) electrons. The van der Waals surface area contributed by atoms with Gasteiger partial charge in [0.05, 0.1) is 4.90 Å². The molecule has 0 saturated carbocycles. The van der Waals surface area contributed by atoms with Gasteiger partial charge in [-0.1, -0.05) is 63.2 Å². The Morgan fingerprint density at radius 1 is 0.960 bits per heavy atom. The summed E-state index contributed by atoms with van der Waals surface area (Å²) in [5.74, 6) is 0.506. The molecule has 0 unspecified atom stereocenters. The molecule has 0 amide bonds. The van der Waals surface area contributed by atoms with Gasteiger partial charge in [0.1, 0.15) is 0 Å². The summed E-state index contributed by atoms with van der Waals surface area (Å²) in [4.78, 5) is 4.47. The summed E-state index contributed by atoms with van der Waals surface area (Å²) >= 11 is 1.02. The van der Waals surface area contributed by atoms with Gasteiger partial charge in [0.15, 0.2) is 5.82 Å². The Labute approximate surface area is 152 Å². The first kappa shape index (κ1) is 17.6. The van der Waals surface area contributed by atoms with Crippen molar-refractivity contribution in [3.8, 4) is 11.4 Å². The van der Waals surface area contributed by atoms with Gasteiger partial charge in [-0.05, 0) is 23.1 Å². The lowest BCUT2D eigenvalue weighted by Gasteiger charge is -2.19. The molecule has 3 aromatic rings. The second-order valence-electron chi connectivity index (χ2n) is 6.67. The van der Waals surface area contributed by atoms with Crippen LogP contribution in [-0.4, -0.2) is 17.8 Å². The Balaban J connectivity index is 1.81. The summed E-state index contributed by atoms with van der Waals surface area (Å²) in [6.07, 6.45) is 0. The van der Waals surface area contributed by atoms with Crippen LogP contribution in [0.1, 0.15) is 26.3 Å². The van der Waals surface area contributed by atoms with Gasteiger partial charge in [0.25, 0.3) is 10.0 Å². The maximum absolute atomic E-state index is 12.5. The number of sulfonamides is 1. The van der Waals surface area contributed by atoms with Gasteiger partial charge in [0.2, 0.25) is 5.13 Å². The van der Waals surface area contributed by atoms with Crippen LogP contribution in [0.4, 0.5) is 5.13 Å². The minimum absolute atomic E-state index is 0.0282. The van der Waals surface area contributed by atoms with Crippen LogP contribution < -0.4 is 4.72 Å². The Morgan fingerprint density at radius 3 is 2.20 bits per heavy atom. The van der Waals surface area contributed by atoms with Gasteiger partial charge in [0, 0.05) is 17.1 Å². The van der Waals surface area contributed by atoms with E-state index >= 15 is 0 Å². The summed E-state index contributed by atoms with van der Waals surface area (Å²) in [7, 11) is -3.69. The second-order valence-corrected chi connectivity index (χ2v) is 9.10. The predicted octanol–water partition coefficient (Wildman–Crippen LogP) is 4.30. The first-order chi connectivity index (χ1) is 11.8. The number of nitrogens with zero attached hydrogens (tertiary/aromatic N) is 2. The molecule has 7 heteroatoms. The Kier molecular flexibility index (Phi) is 4.62. The molecular formula is C18H19N3O2S2. The molecule has 0 bridgehead atoms. The standard InChI is InChI=1S/C18H19N3O2S2/c1-18(2,3)14-9-11-15(12-10-14)25(22,23)21-17-19-16(20-24-17)13-7-5-4-6-8-13/h4-12H,1-3H3,(H,19,20,21). The van der Waals surface area contributed by atoms with Crippen LogP contribution in [0, 0.1) is 0 Å². The number of aromatic nitrogens is 2. The van der Waals surface area contributed by atoms with Crippen LogP contribution >= 0.6 is 11.5 Å². The van der Waals surface area contributed by atoms with Crippen molar-refractivity contribution in [3.63, 3.8) is 0 Å². The van der Waals surface area contributed by atoms with E-state index in [2.05, 4.69) is 34.9 Å². The molecule has 1 N–H and O–H groups in total. The normalized spacial score (nSPS) is 12.1. The number of nitrogens with one attached hydrogen (secondary N) is 1. The lowest BCUT2D eigenvalue weighted by Crippen LogP contribution is -2.14. The summed E-state index contributed by atoms with van der Waals surface area (Å²) < 4.78 is 31.8. The third-order valence-electron chi connectivity index (χ3n) is 3.71. The van der Waals surface area contributed by atoms with E-state index in [1.807, 2.05) is 42.5 Å². The monoisotopic (exact) mass is 373 g/mol. The Morgan fingerprint density at radius 2 is 1.60 bits per heavy atom. The van der Waals surface area contributed by atoms with Crippen LogP contribution in [0.2, 0.25) is 0 Å². The molecule has 25 heavy (non-hydrogen) atoms. The molecule has 0 aliphatic carbocycles. The van der Waals surface area contributed by atoms with E-state index in [1.54, 1.807) is 12.1 Å². The lowest BCUT2D eigenvalue weighted by molar-refractivity contribution is 0.587. The topological polar surface area (TPSA) is 72.0 Å². The average molecular weight is 374 g/mol. The number of hydrogen-bond donors (Lipinski definition) is 1. The molecular weight excluding hydrogens is 354 g/mol. The van der Waals surface area contributed by atoms with Gasteiger partial charge < -0.3 is 0 Å². The second kappa shape index (κ2) is 6.57. The minimum atomic E-state index is -3.69. The van der Waals surface area contributed by atoms with Crippen molar-refractivity contribution in [3.05, 3.63) is 60.2 Å². The van der Waals surface area contributed by atoms with Gasteiger partial charge >= 0.3 is 0 Å². The zero-order valence-electron chi connectivity index (χ0n) is 14.2. The number of rotatable bonds is 4. The highest BCUT2D eigenvalue weighted by molar-refractivity contribution is 7.93. The summed E-state index contributed by atoms with van der Waals surface area (Å²) in [5, 5.41) is 0.249. The largest absolute Gasteiger partial charge is 0.263 e. The Bertz CT molecular complexity index is 958. The maximum Gasteiger partial charge on any atom is 0.263 e. The fourth-order valence-electron chi connectivity index (χ4n) is 2.28.